The zero-order chi connectivity index (χ0) is 15.9. The van der Waals surface area contributed by atoms with E-state index in [1.165, 1.54) is 7.11 Å². The average Bonchev–Trinajstić information content (AvgIpc) is 2.54. The molecule has 0 unspecified atom stereocenters. The van der Waals surface area contributed by atoms with Gasteiger partial charge in [-0.1, -0.05) is 15.9 Å². The van der Waals surface area contributed by atoms with Crippen molar-refractivity contribution >= 4 is 39.2 Å². The lowest BCUT2D eigenvalue weighted by Crippen LogP contribution is -2.21. The van der Waals surface area contributed by atoms with Gasteiger partial charge in [-0.15, -0.1) is 0 Å². The van der Waals surface area contributed by atoms with Crippen molar-refractivity contribution in [1.82, 2.24) is 0 Å². The highest BCUT2D eigenvalue weighted by Crippen LogP contribution is 2.14. The molecule has 2 rings (SSSR count). The maximum Gasteiger partial charge on any atom is 0.337 e. The summed E-state index contributed by atoms with van der Waals surface area (Å²) in [6.45, 7) is 0.153. The number of anilines is 2. The minimum Gasteiger partial charge on any atom is -0.465 e. The molecule has 0 bridgehead atoms. The Balaban J connectivity index is 1.86. The third-order valence-corrected chi connectivity index (χ3v) is 3.42. The van der Waals surface area contributed by atoms with Crippen molar-refractivity contribution in [3.8, 4) is 0 Å². The topological polar surface area (TPSA) is 67.4 Å². The van der Waals surface area contributed by atoms with E-state index in [-0.39, 0.29) is 12.5 Å². The summed E-state index contributed by atoms with van der Waals surface area (Å²) in [7, 11) is 1.33. The largest absolute Gasteiger partial charge is 0.465 e. The molecule has 0 saturated heterocycles. The van der Waals surface area contributed by atoms with Gasteiger partial charge in [0.2, 0.25) is 5.91 Å². The van der Waals surface area contributed by atoms with Crippen molar-refractivity contribution in [2.24, 2.45) is 0 Å². The van der Waals surface area contributed by atoms with Gasteiger partial charge < -0.3 is 15.4 Å². The first kappa shape index (κ1) is 16.0. The molecular formula is C16H15BrN2O3. The second kappa shape index (κ2) is 7.61. The molecule has 22 heavy (non-hydrogen) atoms. The molecule has 1 amide bonds. The van der Waals surface area contributed by atoms with Gasteiger partial charge in [-0.25, -0.2) is 4.79 Å². The standard InChI is InChI=1S/C16H15BrN2O3/c1-22-16(21)11-2-6-14(7-3-11)19-15(20)10-18-13-8-4-12(17)5-9-13/h2-9,18H,10H2,1H3,(H,19,20). The van der Waals surface area contributed by atoms with Crippen molar-refractivity contribution in [3.63, 3.8) is 0 Å². The van der Waals surface area contributed by atoms with Crippen LogP contribution in [-0.2, 0) is 9.53 Å². The minimum absolute atomic E-state index is 0.153. The summed E-state index contributed by atoms with van der Waals surface area (Å²) in [4.78, 5) is 23.2. The molecule has 0 radical (unpaired) electrons. The van der Waals surface area contributed by atoms with E-state index in [0.717, 1.165) is 10.2 Å². The Morgan fingerprint density at radius 2 is 1.59 bits per heavy atom. The van der Waals surface area contributed by atoms with Crippen molar-refractivity contribution in [3.05, 3.63) is 58.6 Å². The van der Waals surface area contributed by atoms with Gasteiger partial charge in [0.15, 0.2) is 0 Å². The van der Waals surface area contributed by atoms with Crippen LogP contribution in [0.3, 0.4) is 0 Å². The highest BCUT2D eigenvalue weighted by Gasteiger charge is 2.06. The smallest absolute Gasteiger partial charge is 0.337 e. The SMILES string of the molecule is COC(=O)c1ccc(NC(=O)CNc2ccc(Br)cc2)cc1. The highest BCUT2D eigenvalue weighted by atomic mass is 79.9. The molecule has 0 spiro atoms. The molecule has 6 heteroatoms. The highest BCUT2D eigenvalue weighted by molar-refractivity contribution is 9.10. The molecule has 2 aromatic carbocycles. The fraction of sp³-hybridized carbons (Fsp3) is 0.125. The summed E-state index contributed by atoms with van der Waals surface area (Å²) in [5.41, 5.74) is 1.92. The van der Waals surface area contributed by atoms with Crippen molar-refractivity contribution in [2.45, 2.75) is 0 Å². The molecule has 0 saturated carbocycles. The number of halogens is 1. The molecule has 0 aromatic heterocycles. The first-order chi connectivity index (χ1) is 10.6. The Morgan fingerprint density at radius 3 is 2.18 bits per heavy atom. The van der Waals surface area contributed by atoms with Crippen LogP contribution in [0, 0.1) is 0 Å². The van der Waals surface area contributed by atoms with Gasteiger partial charge >= 0.3 is 5.97 Å². The predicted molar refractivity (Wildman–Crippen MR) is 89.0 cm³/mol. The quantitative estimate of drug-likeness (QED) is 0.800. The maximum atomic E-state index is 11.9. The first-order valence-corrected chi connectivity index (χ1v) is 7.35. The monoisotopic (exact) mass is 362 g/mol. The zero-order valence-electron chi connectivity index (χ0n) is 11.9. The fourth-order valence-corrected chi connectivity index (χ4v) is 2.03. The van der Waals surface area contributed by atoms with Crippen LogP contribution in [-0.4, -0.2) is 25.5 Å². The van der Waals surface area contributed by atoms with Gasteiger partial charge in [0.1, 0.15) is 0 Å². The van der Waals surface area contributed by atoms with Crippen LogP contribution in [0.25, 0.3) is 0 Å². The number of esters is 1. The van der Waals surface area contributed by atoms with Crippen molar-refractivity contribution in [2.75, 3.05) is 24.3 Å². The van der Waals surface area contributed by atoms with E-state index in [1.54, 1.807) is 24.3 Å². The Labute approximate surface area is 136 Å². The lowest BCUT2D eigenvalue weighted by Gasteiger charge is -2.08. The molecule has 0 heterocycles. The number of hydrogen-bond acceptors (Lipinski definition) is 4. The van der Waals surface area contributed by atoms with E-state index < -0.39 is 5.97 Å². The molecule has 2 N–H and O–H groups in total. The molecule has 0 atom stereocenters. The molecule has 2 aromatic rings. The van der Waals surface area contributed by atoms with Gasteiger partial charge in [-0.3, -0.25) is 4.79 Å². The summed E-state index contributed by atoms with van der Waals surface area (Å²) < 4.78 is 5.59. The number of amides is 1. The number of benzene rings is 2. The number of hydrogen-bond donors (Lipinski definition) is 2. The van der Waals surface area contributed by atoms with Crippen LogP contribution >= 0.6 is 15.9 Å². The van der Waals surface area contributed by atoms with Gasteiger partial charge in [-0.05, 0) is 48.5 Å². The Hall–Kier alpha value is -2.34. The zero-order valence-corrected chi connectivity index (χ0v) is 13.5. The Morgan fingerprint density at radius 1 is 1.00 bits per heavy atom. The van der Waals surface area contributed by atoms with Crippen LogP contribution < -0.4 is 10.6 Å². The molecule has 0 aliphatic heterocycles. The minimum atomic E-state index is -0.408. The van der Waals surface area contributed by atoms with E-state index in [0.29, 0.717) is 11.3 Å². The summed E-state index contributed by atoms with van der Waals surface area (Å²) in [6.07, 6.45) is 0. The van der Waals surface area contributed by atoms with Gasteiger partial charge in [0.25, 0.3) is 0 Å². The van der Waals surface area contributed by atoms with E-state index >= 15 is 0 Å². The number of nitrogens with one attached hydrogen (secondary N) is 2. The third-order valence-electron chi connectivity index (χ3n) is 2.89. The van der Waals surface area contributed by atoms with E-state index in [9.17, 15) is 9.59 Å². The van der Waals surface area contributed by atoms with Crippen LogP contribution in [0.5, 0.6) is 0 Å². The van der Waals surface area contributed by atoms with Crippen LogP contribution in [0.2, 0.25) is 0 Å². The number of ether oxygens (including phenoxy) is 1. The average molecular weight is 363 g/mol. The van der Waals surface area contributed by atoms with Gasteiger partial charge in [-0.2, -0.15) is 0 Å². The van der Waals surface area contributed by atoms with Gasteiger partial charge in [0, 0.05) is 15.8 Å². The lowest BCUT2D eigenvalue weighted by molar-refractivity contribution is -0.114. The third kappa shape index (κ3) is 4.60. The van der Waals surface area contributed by atoms with E-state index in [1.807, 2.05) is 24.3 Å². The summed E-state index contributed by atoms with van der Waals surface area (Å²) in [5.74, 6) is -0.580. The maximum absolute atomic E-state index is 11.9. The lowest BCUT2D eigenvalue weighted by atomic mass is 10.2. The normalized spacial score (nSPS) is 9.91. The Kier molecular flexibility index (Phi) is 5.55. The van der Waals surface area contributed by atoms with E-state index in [2.05, 4.69) is 31.3 Å². The van der Waals surface area contributed by atoms with E-state index in [4.69, 9.17) is 0 Å². The number of methoxy groups -OCH3 is 1. The van der Waals surface area contributed by atoms with Gasteiger partial charge in [0.05, 0.1) is 19.2 Å². The molecule has 114 valence electrons. The predicted octanol–water partition coefficient (Wildman–Crippen LogP) is 3.29. The molecule has 0 aliphatic rings. The molecule has 0 fully saturated rings. The summed E-state index contributed by atoms with van der Waals surface area (Å²) >= 11 is 3.35. The Bertz CT molecular complexity index is 654. The number of rotatable bonds is 5. The van der Waals surface area contributed by atoms with Crippen molar-refractivity contribution in [1.29, 1.82) is 0 Å². The number of carbonyl (C=O) groups excluding carboxylic acids is 2. The van der Waals surface area contributed by atoms with Crippen LogP contribution in [0.1, 0.15) is 10.4 Å². The van der Waals surface area contributed by atoms with Crippen molar-refractivity contribution < 1.29 is 14.3 Å². The van der Waals surface area contributed by atoms with Crippen LogP contribution in [0.15, 0.2) is 53.0 Å². The first-order valence-electron chi connectivity index (χ1n) is 6.56. The molecule has 5 nitrogen and oxygen atoms in total. The second-order valence-electron chi connectivity index (χ2n) is 4.48. The summed E-state index contributed by atoms with van der Waals surface area (Å²) in [6, 6.07) is 14.1. The fourth-order valence-electron chi connectivity index (χ4n) is 1.76. The summed E-state index contributed by atoms with van der Waals surface area (Å²) in [5, 5.41) is 5.77. The van der Waals surface area contributed by atoms with Crippen LogP contribution in [0.4, 0.5) is 11.4 Å². The molecular weight excluding hydrogens is 348 g/mol. The second-order valence-corrected chi connectivity index (χ2v) is 5.39. The molecule has 0 aliphatic carbocycles. The number of carbonyl (C=O) groups is 2.